The zero-order valence-corrected chi connectivity index (χ0v) is 15.5. The summed E-state index contributed by atoms with van der Waals surface area (Å²) in [7, 11) is 1.93. The maximum Gasteiger partial charge on any atom is 0.227 e. The average Bonchev–Trinajstić information content (AvgIpc) is 2.87. The van der Waals surface area contributed by atoms with E-state index in [-0.39, 0.29) is 5.91 Å². The third kappa shape index (κ3) is 4.28. The second kappa shape index (κ2) is 7.83. The van der Waals surface area contributed by atoms with Crippen molar-refractivity contribution in [1.29, 1.82) is 0 Å². The topological polar surface area (TPSA) is 41.4 Å². The van der Waals surface area contributed by atoms with Crippen LogP contribution in [0.2, 0.25) is 0 Å². The molecule has 25 heavy (non-hydrogen) atoms. The van der Waals surface area contributed by atoms with Gasteiger partial charge >= 0.3 is 0 Å². The summed E-state index contributed by atoms with van der Waals surface area (Å²) in [4.78, 5) is 17.1. The minimum Gasteiger partial charge on any atom is -0.340 e. The summed E-state index contributed by atoms with van der Waals surface area (Å²) < 4.78 is 1.86. The number of hydrogen-bond acceptors (Lipinski definition) is 3. The first-order valence-corrected chi connectivity index (χ1v) is 9.07. The zero-order valence-electron chi connectivity index (χ0n) is 15.5. The molecule has 1 aliphatic heterocycles. The van der Waals surface area contributed by atoms with E-state index in [0.717, 1.165) is 56.1 Å². The second-order valence-corrected chi connectivity index (χ2v) is 6.91. The molecule has 1 aliphatic rings. The first-order valence-electron chi connectivity index (χ1n) is 9.07. The zero-order chi connectivity index (χ0) is 17.8. The summed E-state index contributed by atoms with van der Waals surface area (Å²) in [5.74, 6) is 0.224. The van der Waals surface area contributed by atoms with Gasteiger partial charge in [-0.15, -0.1) is 0 Å². The van der Waals surface area contributed by atoms with Gasteiger partial charge in [-0.05, 0) is 25.8 Å². The number of aromatic nitrogens is 2. The summed E-state index contributed by atoms with van der Waals surface area (Å²) in [6.45, 7) is 8.65. The Morgan fingerprint density at radius 1 is 1.08 bits per heavy atom. The average molecular weight is 340 g/mol. The fourth-order valence-electron chi connectivity index (χ4n) is 3.49. The number of benzene rings is 1. The Morgan fingerprint density at radius 3 is 2.36 bits per heavy atom. The lowest BCUT2D eigenvalue weighted by Crippen LogP contribution is -2.49. The Kier molecular flexibility index (Phi) is 5.53. The van der Waals surface area contributed by atoms with Crippen LogP contribution in [-0.2, 0) is 24.7 Å². The molecule has 0 saturated carbocycles. The summed E-state index contributed by atoms with van der Waals surface area (Å²) >= 11 is 0. The minimum atomic E-state index is 0.224. The molecule has 3 rings (SSSR count). The van der Waals surface area contributed by atoms with Crippen molar-refractivity contribution < 1.29 is 4.79 Å². The van der Waals surface area contributed by atoms with Gasteiger partial charge in [0.25, 0.3) is 0 Å². The second-order valence-electron chi connectivity index (χ2n) is 6.91. The lowest BCUT2D eigenvalue weighted by atomic mass is 10.1. The molecule has 1 fully saturated rings. The monoisotopic (exact) mass is 340 g/mol. The normalized spacial score (nSPS) is 15.6. The van der Waals surface area contributed by atoms with E-state index in [9.17, 15) is 4.79 Å². The van der Waals surface area contributed by atoms with Crippen molar-refractivity contribution in [2.45, 2.75) is 26.7 Å². The van der Waals surface area contributed by atoms with E-state index in [2.05, 4.69) is 40.3 Å². The maximum atomic E-state index is 12.6. The van der Waals surface area contributed by atoms with Crippen LogP contribution >= 0.6 is 0 Å². The molecule has 0 N–H and O–H groups in total. The Hall–Kier alpha value is -2.14. The van der Waals surface area contributed by atoms with Crippen LogP contribution in [0.5, 0.6) is 0 Å². The molecule has 2 aromatic rings. The predicted octanol–water partition coefficient (Wildman–Crippen LogP) is 1.97. The van der Waals surface area contributed by atoms with Crippen molar-refractivity contribution in [2.75, 3.05) is 32.7 Å². The lowest BCUT2D eigenvalue weighted by Gasteiger charge is -2.34. The van der Waals surface area contributed by atoms with Gasteiger partial charge in [-0.1, -0.05) is 30.3 Å². The molecule has 134 valence electrons. The first-order chi connectivity index (χ1) is 12.0. The molecule has 0 aliphatic carbocycles. The van der Waals surface area contributed by atoms with E-state index >= 15 is 0 Å². The molecular weight excluding hydrogens is 312 g/mol. The molecule has 5 nitrogen and oxygen atoms in total. The number of piperazine rings is 1. The fourth-order valence-corrected chi connectivity index (χ4v) is 3.49. The highest BCUT2D eigenvalue weighted by atomic mass is 16.2. The molecular formula is C20H28N4O. The molecule has 1 aromatic heterocycles. The van der Waals surface area contributed by atoms with Crippen LogP contribution in [0.3, 0.4) is 0 Å². The van der Waals surface area contributed by atoms with Crippen LogP contribution in [0.1, 0.15) is 22.5 Å². The van der Waals surface area contributed by atoms with Crippen LogP contribution in [0, 0.1) is 13.8 Å². The van der Waals surface area contributed by atoms with Crippen molar-refractivity contribution in [3.63, 3.8) is 0 Å². The van der Waals surface area contributed by atoms with Crippen LogP contribution in [0.25, 0.3) is 0 Å². The third-order valence-electron chi connectivity index (χ3n) is 5.27. The number of hydrogen-bond donors (Lipinski definition) is 0. The van der Waals surface area contributed by atoms with Crippen molar-refractivity contribution in [3.05, 3.63) is 52.8 Å². The highest BCUT2D eigenvalue weighted by Gasteiger charge is 2.23. The SMILES string of the molecule is Cc1nn(C)c(C)c1CC(=O)N1CCN(CCc2ccccc2)CC1. The number of amides is 1. The molecule has 1 aromatic carbocycles. The summed E-state index contributed by atoms with van der Waals surface area (Å²) in [6.07, 6.45) is 1.54. The lowest BCUT2D eigenvalue weighted by molar-refractivity contribution is -0.132. The van der Waals surface area contributed by atoms with Gasteiger partial charge in [-0.2, -0.15) is 5.10 Å². The molecule has 0 spiro atoms. The standard InChI is InChI=1S/C20H28N4O/c1-16-19(17(2)22(3)21-16)15-20(25)24-13-11-23(12-14-24)10-9-18-7-5-4-6-8-18/h4-8H,9-15H2,1-3H3. The predicted molar refractivity (Wildman–Crippen MR) is 99.6 cm³/mol. The number of carbonyl (C=O) groups is 1. The van der Waals surface area contributed by atoms with E-state index in [1.807, 2.05) is 30.5 Å². The molecule has 0 atom stereocenters. The van der Waals surface area contributed by atoms with E-state index in [0.29, 0.717) is 6.42 Å². The van der Waals surface area contributed by atoms with E-state index in [1.165, 1.54) is 5.56 Å². The van der Waals surface area contributed by atoms with Gasteiger partial charge in [0.15, 0.2) is 0 Å². The number of nitrogens with zero attached hydrogens (tertiary/aromatic N) is 4. The van der Waals surface area contributed by atoms with E-state index in [1.54, 1.807) is 0 Å². The van der Waals surface area contributed by atoms with Crippen LogP contribution < -0.4 is 0 Å². The van der Waals surface area contributed by atoms with E-state index < -0.39 is 0 Å². The maximum absolute atomic E-state index is 12.6. The van der Waals surface area contributed by atoms with Gasteiger partial charge in [0, 0.05) is 51.0 Å². The smallest absolute Gasteiger partial charge is 0.227 e. The summed E-state index contributed by atoms with van der Waals surface area (Å²) in [5.41, 5.74) is 4.52. The fraction of sp³-hybridized carbons (Fsp3) is 0.500. The van der Waals surface area contributed by atoms with Crippen molar-refractivity contribution in [1.82, 2.24) is 19.6 Å². The first kappa shape index (κ1) is 17.7. The minimum absolute atomic E-state index is 0.224. The van der Waals surface area contributed by atoms with Crippen molar-refractivity contribution in [2.24, 2.45) is 7.05 Å². The van der Waals surface area contributed by atoms with Crippen LogP contribution in [0.4, 0.5) is 0 Å². The highest BCUT2D eigenvalue weighted by Crippen LogP contribution is 2.15. The van der Waals surface area contributed by atoms with Crippen molar-refractivity contribution in [3.8, 4) is 0 Å². The Labute approximate surface area is 150 Å². The van der Waals surface area contributed by atoms with Crippen LogP contribution in [0.15, 0.2) is 30.3 Å². The number of rotatable bonds is 5. The number of carbonyl (C=O) groups excluding carboxylic acids is 1. The Bertz CT molecular complexity index is 715. The Morgan fingerprint density at radius 2 is 1.76 bits per heavy atom. The summed E-state index contributed by atoms with van der Waals surface area (Å²) in [6, 6.07) is 10.6. The molecule has 1 saturated heterocycles. The van der Waals surface area contributed by atoms with Crippen molar-refractivity contribution >= 4 is 5.91 Å². The van der Waals surface area contributed by atoms with Gasteiger partial charge < -0.3 is 4.90 Å². The summed E-state index contributed by atoms with van der Waals surface area (Å²) in [5, 5.41) is 4.41. The van der Waals surface area contributed by atoms with Gasteiger partial charge in [0.1, 0.15) is 0 Å². The Balaban J connectivity index is 1.47. The molecule has 0 radical (unpaired) electrons. The molecule has 0 unspecified atom stereocenters. The van der Waals surface area contributed by atoms with Gasteiger partial charge in [-0.3, -0.25) is 14.4 Å². The molecule has 1 amide bonds. The van der Waals surface area contributed by atoms with Crippen LogP contribution in [-0.4, -0.2) is 58.2 Å². The molecule has 0 bridgehead atoms. The van der Waals surface area contributed by atoms with E-state index in [4.69, 9.17) is 0 Å². The van der Waals surface area contributed by atoms with Gasteiger partial charge in [-0.25, -0.2) is 0 Å². The molecule has 5 heteroatoms. The highest BCUT2D eigenvalue weighted by molar-refractivity contribution is 5.79. The quantitative estimate of drug-likeness (QED) is 0.836. The van der Waals surface area contributed by atoms with Gasteiger partial charge in [0.2, 0.25) is 5.91 Å². The largest absolute Gasteiger partial charge is 0.340 e. The number of aryl methyl sites for hydroxylation is 2. The third-order valence-corrected chi connectivity index (χ3v) is 5.27. The molecule has 2 heterocycles. The van der Waals surface area contributed by atoms with Gasteiger partial charge in [0.05, 0.1) is 12.1 Å².